The minimum Gasteiger partial charge on any atom is -0.343 e. The van der Waals surface area contributed by atoms with Gasteiger partial charge in [-0.05, 0) is 33.6 Å². The van der Waals surface area contributed by atoms with E-state index >= 15 is 0 Å². The van der Waals surface area contributed by atoms with E-state index in [2.05, 4.69) is 26.1 Å². The molecule has 0 aromatic carbocycles. The van der Waals surface area contributed by atoms with Crippen molar-refractivity contribution >= 4 is 5.91 Å². The van der Waals surface area contributed by atoms with Gasteiger partial charge in [-0.2, -0.15) is 0 Å². The first-order valence-electron chi connectivity index (χ1n) is 6.52. The standard InChI is InChI=1S/C13H26N2O/c1-13(2,3)14-9-8-12(16)15-10-6-4-5-7-11-15/h14H,4-11H2,1-3H3. The van der Waals surface area contributed by atoms with Crippen LogP contribution in [0.1, 0.15) is 52.9 Å². The largest absolute Gasteiger partial charge is 0.343 e. The number of hydrogen-bond donors (Lipinski definition) is 1. The number of carbonyl (C=O) groups excluding carboxylic acids is 1. The van der Waals surface area contributed by atoms with Gasteiger partial charge in [-0.25, -0.2) is 0 Å². The Morgan fingerprint density at radius 3 is 2.19 bits per heavy atom. The average molecular weight is 226 g/mol. The van der Waals surface area contributed by atoms with E-state index in [-0.39, 0.29) is 5.54 Å². The lowest BCUT2D eigenvalue weighted by atomic mass is 10.1. The van der Waals surface area contributed by atoms with Crippen molar-refractivity contribution in [2.24, 2.45) is 0 Å². The molecule has 1 amide bonds. The first-order valence-corrected chi connectivity index (χ1v) is 6.52. The molecule has 1 aliphatic heterocycles. The van der Waals surface area contributed by atoms with Crippen molar-refractivity contribution in [2.75, 3.05) is 19.6 Å². The second-order valence-corrected chi connectivity index (χ2v) is 5.72. The zero-order valence-electron chi connectivity index (χ0n) is 11.0. The van der Waals surface area contributed by atoms with Crippen LogP contribution in [-0.4, -0.2) is 36.0 Å². The summed E-state index contributed by atoms with van der Waals surface area (Å²) in [6.07, 6.45) is 5.56. The molecule has 1 saturated heterocycles. The number of nitrogens with one attached hydrogen (secondary N) is 1. The van der Waals surface area contributed by atoms with Crippen molar-refractivity contribution in [2.45, 2.75) is 58.4 Å². The molecule has 1 heterocycles. The maximum absolute atomic E-state index is 11.9. The van der Waals surface area contributed by atoms with Crippen molar-refractivity contribution in [3.8, 4) is 0 Å². The normalized spacial score (nSPS) is 18.3. The average Bonchev–Trinajstić information content (AvgIpc) is 2.43. The number of carbonyl (C=O) groups is 1. The molecule has 0 radical (unpaired) electrons. The van der Waals surface area contributed by atoms with E-state index in [1.807, 2.05) is 4.90 Å². The fraction of sp³-hybridized carbons (Fsp3) is 0.923. The highest BCUT2D eigenvalue weighted by atomic mass is 16.2. The lowest BCUT2D eigenvalue weighted by Gasteiger charge is -2.23. The van der Waals surface area contributed by atoms with Gasteiger partial charge in [0.2, 0.25) is 5.91 Å². The zero-order chi connectivity index (χ0) is 12.0. The predicted molar refractivity (Wildman–Crippen MR) is 67.4 cm³/mol. The number of hydrogen-bond acceptors (Lipinski definition) is 2. The van der Waals surface area contributed by atoms with Gasteiger partial charge in [0.1, 0.15) is 0 Å². The van der Waals surface area contributed by atoms with Gasteiger partial charge in [0.15, 0.2) is 0 Å². The Kier molecular flexibility index (Phi) is 5.26. The van der Waals surface area contributed by atoms with Crippen LogP contribution in [0.5, 0.6) is 0 Å². The third-order valence-corrected chi connectivity index (χ3v) is 2.95. The second kappa shape index (κ2) is 6.24. The lowest BCUT2D eigenvalue weighted by molar-refractivity contribution is -0.131. The van der Waals surface area contributed by atoms with Crippen LogP contribution in [0.15, 0.2) is 0 Å². The van der Waals surface area contributed by atoms with Crippen LogP contribution >= 0.6 is 0 Å². The molecule has 0 aromatic heterocycles. The van der Waals surface area contributed by atoms with Crippen LogP contribution in [0.4, 0.5) is 0 Å². The van der Waals surface area contributed by atoms with Gasteiger partial charge in [-0.3, -0.25) is 4.79 Å². The topological polar surface area (TPSA) is 32.3 Å². The summed E-state index contributed by atoms with van der Waals surface area (Å²) < 4.78 is 0. The third kappa shape index (κ3) is 5.50. The van der Waals surface area contributed by atoms with Crippen molar-refractivity contribution in [1.29, 1.82) is 0 Å². The van der Waals surface area contributed by atoms with Crippen LogP contribution in [0.25, 0.3) is 0 Å². The molecule has 3 heteroatoms. The highest BCUT2D eigenvalue weighted by Gasteiger charge is 2.16. The molecule has 1 aliphatic rings. The highest BCUT2D eigenvalue weighted by molar-refractivity contribution is 5.76. The molecule has 0 unspecified atom stereocenters. The Morgan fingerprint density at radius 1 is 1.12 bits per heavy atom. The van der Waals surface area contributed by atoms with Gasteiger partial charge in [0, 0.05) is 31.6 Å². The van der Waals surface area contributed by atoms with E-state index in [9.17, 15) is 4.79 Å². The summed E-state index contributed by atoms with van der Waals surface area (Å²) in [5, 5.41) is 3.36. The maximum Gasteiger partial charge on any atom is 0.223 e. The summed E-state index contributed by atoms with van der Waals surface area (Å²) in [5.41, 5.74) is 0.110. The third-order valence-electron chi connectivity index (χ3n) is 2.95. The van der Waals surface area contributed by atoms with Gasteiger partial charge < -0.3 is 10.2 Å². The fourth-order valence-electron chi connectivity index (χ4n) is 2.02. The monoisotopic (exact) mass is 226 g/mol. The molecular weight excluding hydrogens is 200 g/mol. The number of rotatable bonds is 3. The van der Waals surface area contributed by atoms with Crippen LogP contribution in [0.2, 0.25) is 0 Å². The zero-order valence-corrected chi connectivity index (χ0v) is 11.0. The molecule has 3 nitrogen and oxygen atoms in total. The van der Waals surface area contributed by atoms with Crippen LogP contribution in [0, 0.1) is 0 Å². The Labute approximate surface area is 99.6 Å². The SMILES string of the molecule is CC(C)(C)NCCC(=O)N1CCCCCC1. The Bertz CT molecular complexity index is 212. The van der Waals surface area contributed by atoms with E-state index < -0.39 is 0 Å². The summed E-state index contributed by atoms with van der Waals surface area (Å²) in [6.45, 7) is 9.11. The van der Waals surface area contributed by atoms with Crippen molar-refractivity contribution < 1.29 is 4.79 Å². The Morgan fingerprint density at radius 2 is 1.69 bits per heavy atom. The molecule has 16 heavy (non-hydrogen) atoms. The molecule has 0 aromatic rings. The first-order chi connectivity index (χ1) is 7.49. The molecule has 1 rings (SSSR count). The molecule has 0 bridgehead atoms. The Balaban J connectivity index is 2.23. The first kappa shape index (κ1) is 13.5. The molecule has 0 aliphatic carbocycles. The second-order valence-electron chi connectivity index (χ2n) is 5.72. The number of nitrogens with zero attached hydrogens (tertiary/aromatic N) is 1. The molecule has 1 N–H and O–H groups in total. The van der Waals surface area contributed by atoms with E-state index in [0.29, 0.717) is 12.3 Å². The van der Waals surface area contributed by atoms with Crippen molar-refractivity contribution in [3.05, 3.63) is 0 Å². The van der Waals surface area contributed by atoms with Crippen LogP contribution in [-0.2, 0) is 4.79 Å². The van der Waals surface area contributed by atoms with E-state index in [0.717, 1.165) is 19.6 Å². The van der Waals surface area contributed by atoms with Gasteiger partial charge >= 0.3 is 0 Å². The minimum atomic E-state index is 0.110. The summed E-state index contributed by atoms with van der Waals surface area (Å²) in [4.78, 5) is 14.0. The lowest BCUT2D eigenvalue weighted by Crippen LogP contribution is -2.39. The molecule has 0 atom stereocenters. The van der Waals surface area contributed by atoms with Gasteiger partial charge in [0.05, 0.1) is 0 Å². The fourth-order valence-corrected chi connectivity index (χ4v) is 2.02. The number of likely N-dealkylation sites (tertiary alicyclic amines) is 1. The van der Waals surface area contributed by atoms with Gasteiger partial charge in [0.25, 0.3) is 0 Å². The summed E-state index contributed by atoms with van der Waals surface area (Å²) in [7, 11) is 0. The Hall–Kier alpha value is -0.570. The van der Waals surface area contributed by atoms with E-state index in [1.165, 1.54) is 25.7 Å². The summed E-state index contributed by atoms with van der Waals surface area (Å²) in [5.74, 6) is 0.318. The summed E-state index contributed by atoms with van der Waals surface area (Å²) in [6, 6.07) is 0. The van der Waals surface area contributed by atoms with Gasteiger partial charge in [-0.15, -0.1) is 0 Å². The molecular formula is C13H26N2O. The number of amides is 1. The van der Waals surface area contributed by atoms with E-state index in [4.69, 9.17) is 0 Å². The molecule has 0 spiro atoms. The van der Waals surface area contributed by atoms with Crippen LogP contribution in [0.3, 0.4) is 0 Å². The minimum absolute atomic E-state index is 0.110. The molecule has 94 valence electrons. The maximum atomic E-state index is 11.9. The summed E-state index contributed by atoms with van der Waals surface area (Å²) >= 11 is 0. The highest BCUT2D eigenvalue weighted by Crippen LogP contribution is 2.10. The van der Waals surface area contributed by atoms with E-state index in [1.54, 1.807) is 0 Å². The van der Waals surface area contributed by atoms with Crippen molar-refractivity contribution in [1.82, 2.24) is 10.2 Å². The van der Waals surface area contributed by atoms with Crippen molar-refractivity contribution in [3.63, 3.8) is 0 Å². The smallest absolute Gasteiger partial charge is 0.223 e. The molecule has 1 fully saturated rings. The molecule has 0 saturated carbocycles. The quantitative estimate of drug-likeness (QED) is 0.800. The van der Waals surface area contributed by atoms with Gasteiger partial charge in [-0.1, -0.05) is 12.8 Å². The van der Waals surface area contributed by atoms with Crippen LogP contribution < -0.4 is 5.32 Å². The predicted octanol–water partition coefficient (Wildman–Crippen LogP) is 2.17.